The fourth-order valence-corrected chi connectivity index (χ4v) is 2.84. The Morgan fingerprint density at radius 1 is 1.11 bits per heavy atom. The fraction of sp³-hybridized carbons (Fsp3) is 0.250. The zero-order valence-corrected chi connectivity index (χ0v) is 15.9. The predicted molar refractivity (Wildman–Crippen MR) is 109 cm³/mol. The molecule has 3 rings (SSSR count). The van der Waals surface area contributed by atoms with Gasteiger partial charge in [-0.15, -0.1) is 0 Å². The van der Waals surface area contributed by atoms with Gasteiger partial charge in [-0.3, -0.25) is 0 Å². The molecule has 0 saturated carbocycles. The molecule has 0 unspecified atom stereocenters. The van der Waals surface area contributed by atoms with Crippen molar-refractivity contribution in [3.8, 4) is 5.75 Å². The Morgan fingerprint density at radius 3 is 2.33 bits per heavy atom. The normalized spacial score (nSPS) is 13.5. The van der Waals surface area contributed by atoms with Crippen molar-refractivity contribution in [3.63, 3.8) is 0 Å². The molecule has 27 heavy (non-hydrogen) atoms. The number of nitrogens with zero attached hydrogens (tertiary/aromatic N) is 1. The Balaban J connectivity index is 1.38. The molecule has 1 heterocycles. The van der Waals surface area contributed by atoms with Crippen LogP contribution in [0.4, 0.5) is 16.2 Å². The van der Waals surface area contributed by atoms with E-state index in [9.17, 15) is 4.79 Å². The lowest BCUT2D eigenvalue weighted by Crippen LogP contribution is -2.49. The van der Waals surface area contributed by atoms with Gasteiger partial charge in [0, 0.05) is 42.5 Å². The van der Waals surface area contributed by atoms with Crippen LogP contribution >= 0.6 is 11.6 Å². The van der Waals surface area contributed by atoms with Gasteiger partial charge >= 0.3 is 6.03 Å². The summed E-state index contributed by atoms with van der Waals surface area (Å²) in [6.45, 7) is 6.53. The maximum Gasteiger partial charge on any atom is 0.318 e. The highest BCUT2D eigenvalue weighted by molar-refractivity contribution is 6.30. The van der Waals surface area contributed by atoms with Crippen LogP contribution in [0.15, 0.2) is 60.9 Å². The molecule has 3 N–H and O–H groups in total. The molecule has 0 aliphatic carbocycles. The van der Waals surface area contributed by atoms with Crippen molar-refractivity contribution in [2.24, 2.45) is 5.92 Å². The third-order valence-electron chi connectivity index (χ3n) is 4.30. The number of hydrogen-bond donors (Lipinski definition) is 3. The van der Waals surface area contributed by atoms with E-state index >= 15 is 0 Å². The van der Waals surface area contributed by atoms with Gasteiger partial charge in [-0.2, -0.15) is 0 Å². The van der Waals surface area contributed by atoms with Gasteiger partial charge in [-0.1, -0.05) is 18.2 Å². The van der Waals surface area contributed by atoms with E-state index in [1.54, 1.807) is 7.05 Å². The first-order valence-corrected chi connectivity index (χ1v) is 9.09. The van der Waals surface area contributed by atoms with E-state index in [4.69, 9.17) is 16.3 Å². The van der Waals surface area contributed by atoms with Gasteiger partial charge in [0.25, 0.3) is 0 Å². The molecule has 1 aliphatic heterocycles. The second kappa shape index (κ2) is 8.68. The summed E-state index contributed by atoms with van der Waals surface area (Å²) in [4.78, 5) is 13.4. The van der Waals surface area contributed by atoms with Crippen molar-refractivity contribution >= 4 is 29.0 Å². The summed E-state index contributed by atoms with van der Waals surface area (Å²) in [7, 11) is 1.58. The lowest BCUT2D eigenvalue weighted by atomic mass is 10.0. The van der Waals surface area contributed by atoms with Gasteiger partial charge in [0.05, 0.1) is 12.4 Å². The molecule has 0 bridgehead atoms. The van der Waals surface area contributed by atoms with Crippen molar-refractivity contribution in [2.75, 3.05) is 37.4 Å². The number of nitrogens with one attached hydrogen (secondary N) is 3. The lowest BCUT2D eigenvalue weighted by molar-refractivity contribution is 0.0937. The van der Waals surface area contributed by atoms with E-state index < -0.39 is 0 Å². The van der Waals surface area contributed by atoms with E-state index in [0.717, 1.165) is 36.0 Å². The minimum atomic E-state index is -0.245. The van der Waals surface area contributed by atoms with Crippen LogP contribution in [0.1, 0.15) is 0 Å². The van der Waals surface area contributed by atoms with Crippen LogP contribution in [0, 0.1) is 5.92 Å². The quantitative estimate of drug-likeness (QED) is 0.673. The molecule has 1 fully saturated rings. The SMILES string of the molecule is C=C(Nc1ccc(Cl)cc1)N1CC(COc2ccc(NC(=O)NC)cc2)C1. The van der Waals surface area contributed by atoms with Crippen LogP contribution in [0.5, 0.6) is 5.75 Å². The second-order valence-corrected chi connectivity index (χ2v) is 6.83. The highest BCUT2D eigenvalue weighted by Gasteiger charge is 2.28. The summed E-state index contributed by atoms with van der Waals surface area (Å²) in [6, 6.07) is 14.6. The molecule has 7 heteroatoms. The molecule has 2 aromatic carbocycles. The van der Waals surface area contributed by atoms with Crippen molar-refractivity contribution in [2.45, 2.75) is 0 Å². The summed E-state index contributed by atoms with van der Waals surface area (Å²) in [6.07, 6.45) is 0. The van der Waals surface area contributed by atoms with Gasteiger partial charge in [-0.05, 0) is 48.5 Å². The number of ether oxygens (including phenoxy) is 1. The van der Waals surface area contributed by atoms with Crippen molar-refractivity contribution < 1.29 is 9.53 Å². The van der Waals surface area contributed by atoms with E-state index in [2.05, 4.69) is 27.4 Å². The van der Waals surface area contributed by atoms with Gasteiger partial charge < -0.3 is 25.6 Å². The largest absolute Gasteiger partial charge is 0.493 e. The van der Waals surface area contributed by atoms with Gasteiger partial charge in [0.15, 0.2) is 0 Å². The standard InChI is InChI=1S/C20H23ClN4O2/c1-14(23-17-5-3-16(21)4-6-17)25-11-15(12-25)13-27-19-9-7-18(8-10-19)24-20(26)22-2/h3-10,15,23H,1,11-13H2,2H3,(H2,22,24,26). The number of halogens is 1. The number of carbonyl (C=O) groups excluding carboxylic acids is 1. The van der Waals surface area contributed by atoms with E-state index in [1.165, 1.54) is 0 Å². The van der Waals surface area contributed by atoms with Crippen LogP contribution in [0.2, 0.25) is 5.02 Å². The third-order valence-corrected chi connectivity index (χ3v) is 4.55. The summed E-state index contributed by atoms with van der Waals surface area (Å²) in [5, 5.41) is 9.22. The molecule has 2 amide bonds. The van der Waals surface area contributed by atoms with Crippen LogP contribution in [0.3, 0.4) is 0 Å². The summed E-state index contributed by atoms with van der Waals surface area (Å²) < 4.78 is 5.84. The number of likely N-dealkylation sites (tertiary alicyclic amines) is 1. The molecule has 142 valence electrons. The Kier molecular flexibility index (Phi) is 6.08. The van der Waals surface area contributed by atoms with Gasteiger partial charge in [0.1, 0.15) is 5.75 Å². The molecule has 0 aromatic heterocycles. The van der Waals surface area contributed by atoms with Gasteiger partial charge in [0.2, 0.25) is 0 Å². The Hall–Kier alpha value is -2.86. The molecule has 0 atom stereocenters. The number of benzene rings is 2. The van der Waals surface area contributed by atoms with Crippen molar-refractivity contribution in [1.29, 1.82) is 0 Å². The predicted octanol–water partition coefficient (Wildman–Crippen LogP) is 3.99. The average molecular weight is 387 g/mol. The Labute approximate surface area is 164 Å². The minimum Gasteiger partial charge on any atom is -0.493 e. The lowest BCUT2D eigenvalue weighted by Gasteiger charge is -2.41. The summed E-state index contributed by atoms with van der Waals surface area (Å²) in [5.74, 6) is 2.12. The molecular weight excluding hydrogens is 364 g/mol. The molecule has 6 nitrogen and oxygen atoms in total. The Bertz CT molecular complexity index is 787. The topological polar surface area (TPSA) is 65.6 Å². The monoisotopic (exact) mass is 386 g/mol. The van der Waals surface area contributed by atoms with Crippen LogP contribution < -0.4 is 20.7 Å². The van der Waals surface area contributed by atoms with E-state index in [-0.39, 0.29) is 6.03 Å². The minimum absolute atomic E-state index is 0.245. The van der Waals surface area contributed by atoms with Crippen LogP contribution in [-0.2, 0) is 0 Å². The first-order valence-electron chi connectivity index (χ1n) is 8.71. The third kappa shape index (κ3) is 5.31. The maximum absolute atomic E-state index is 11.3. The number of anilines is 2. The van der Waals surface area contributed by atoms with Crippen molar-refractivity contribution in [3.05, 3.63) is 66.0 Å². The molecule has 2 aromatic rings. The molecular formula is C20H23ClN4O2. The molecule has 0 radical (unpaired) electrons. The van der Waals surface area contributed by atoms with E-state index in [0.29, 0.717) is 17.5 Å². The van der Waals surface area contributed by atoms with Crippen LogP contribution in [-0.4, -0.2) is 37.7 Å². The second-order valence-electron chi connectivity index (χ2n) is 6.39. The summed E-state index contributed by atoms with van der Waals surface area (Å²) in [5.41, 5.74) is 1.69. The fourth-order valence-electron chi connectivity index (χ4n) is 2.72. The maximum atomic E-state index is 11.3. The summed E-state index contributed by atoms with van der Waals surface area (Å²) >= 11 is 5.90. The number of carbonyl (C=O) groups is 1. The first-order chi connectivity index (χ1) is 13.0. The highest BCUT2D eigenvalue weighted by atomic mass is 35.5. The molecule has 1 aliphatic rings. The zero-order valence-electron chi connectivity index (χ0n) is 15.2. The number of amides is 2. The number of rotatable bonds is 7. The van der Waals surface area contributed by atoms with Crippen molar-refractivity contribution in [1.82, 2.24) is 10.2 Å². The van der Waals surface area contributed by atoms with Crippen LogP contribution in [0.25, 0.3) is 0 Å². The molecule has 0 spiro atoms. The first kappa shape index (κ1) is 18.9. The number of hydrogen-bond acceptors (Lipinski definition) is 4. The highest BCUT2D eigenvalue weighted by Crippen LogP contribution is 2.24. The van der Waals surface area contributed by atoms with Gasteiger partial charge in [-0.25, -0.2) is 4.79 Å². The molecule has 1 saturated heterocycles. The zero-order chi connectivity index (χ0) is 19.2. The smallest absolute Gasteiger partial charge is 0.318 e. The number of urea groups is 1. The average Bonchev–Trinajstić information content (AvgIpc) is 2.63. The Morgan fingerprint density at radius 2 is 1.70 bits per heavy atom. The van der Waals surface area contributed by atoms with E-state index in [1.807, 2.05) is 48.5 Å².